The number of aromatic nitrogens is 3. The van der Waals surface area contributed by atoms with Gasteiger partial charge in [-0.25, -0.2) is 9.97 Å². The van der Waals surface area contributed by atoms with Crippen LogP contribution in [-0.2, 0) is 19.5 Å². The normalized spacial score (nSPS) is 17.6. The second-order valence-electron chi connectivity index (χ2n) is 8.32. The van der Waals surface area contributed by atoms with Gasteiger partial charge in [-0.1, -0.05) is 0 Å². The van der Waals surface area contributed by atoms with Gasteiger partial charge in [0.15, 0.2) is 5.13 Å². The van der Waals surface area contributed by atoms with Crippen LogP contribution >= 0.6 is 11.3 Å². The quantitative estimate of drug-likeness (QED) is 0.601. The van der Waals surface area contributed by atoms with Gasteiger partial charge in [0.2, 0.25) is 0 Å². The molecule has 2 aliphatic heterocycles. The summed E-state index contributed by atoms with van der Waals surface area (Å²) in [6, 6.07) is 7.41. The van der Waals surface area contributed by atoms with Crippen LogP contribution < -0.4 is 16.2 Å². The Morgan fingerprint density at radius 1 is 1.13 bits per heavy atom. The largest absolute Gasteiger partial charge is 0.399 e. The number of aromatic amines is 1. The van der Waals surface area contributed by atoms with Gasteiger partial charge in [0.05, 0.1) is 11.3 Å². The molecule has 0 saturated carbocycles. The Labute approximate surface area is 185 Å². The molecule has 1 saturated heterocycles. The zero-order valence-corrected chi connectivity index (χ0v) is 18.5. The fourth-order valence-electron chi connectivity index (χ4n) is 4.13. The summed E-state index contributed by atoms with van der Waals surface area (Å²) in [5, 5.41) is 1.10. The van der Waals surface area contributed by atoms with Gasteiger partial charge in [-0.3, -0.25) is 9.69 Å². The number of thiazole rings is 1. The van der Waals surface area contributed by atoms with Crippen molar-refractivity contribution in [2.75, 3.05) is 50.4 Å². The lowest BCUT2D eigenvalue weighted by Crippen LogP contribution is -2.44. The summed E-state index contributed by atoms with van der Waals surface area (Å²) < 4.78 is 0. The lowest BCUT2D eigenvalue weighted by atomic mass is 10.1. The van der Waals surface area contributed by atoms with Gasteiger partial charge in [-0.05, 0) is 31.3 Å². The Balaban J connectivity index is 1.28. The molecule has 0 aliphatic carbocycles. The first-order chi connectivity index (χ1) is 15.0. The number of rotatable bonds is 4. The van der Waals surface area contributed by atoms with Gasteiger partial charge < -0.3 is 20.5 Å². The SMILES string of the molecule is CN1CCN(c2ncc(CN3CCc4nc(-c5ccc(N)cc5)[nH]c(=O)c4C3)s2)CC1. The molecular formula is C22H27N7OS. The first kappa shape index (κ1) is 20.2. The molecule has 8 nitrogen and oxygen atoms in total. The van der Waals surface area contributed by atoms with Crippen molar-refractivity contribution >= 4 is 22.2 Å². The lowest BCUT2D eigenvalue weighted by Gasteiger charge is -2.32. The molecule has 31 heavy (non-hydrogen) atoms. The Morgan fingerprint density at radius 2 is 1.90 bits per heavy atom. The van der Waals surface area contributed by atoms with Crippen LogP contribution in [0.5, 0.6) is 0 Å². The van der Waals surface area contributed by atoms with Crippen molar-refractivity contribution in [3.63, 3.8) is 0 Å². The number of hydrogen-bond acceptors (Lipinski definition) is 8. The summed E-state index contributed by atoms with van der Waals surface area (Å²) in [5.74, 6) is 0.608. The smallest absolute Gasteiger partial charge is 0.255 e. The molecule has 4 heterocycles. The predicted molar refractivity (Wildman–Crippen MR) is 124 cm³/mol. The van der Waals surface area contributed by atoms with Gasteiger partial charge in [0.25, 0.3) is 5.56 Å². The van der Waals surface area contributed by atoms with Crippen molar-refractivity contribution in [3.05, 3.63) is 57.0 Å². The predicted octanol–water partition coefficient (Wildman–Crippen LogP) is 1.79. The number of nitrogens with two attached hydrogens (primary N) is 1. The maximum atomic E-state index is 12.8. The first-order valence-corrected chi connectivity index (χ1v) is 11.5. The van der Waals surface area contributed by atoms with E-state index in [1.54, 1.807) is 11.3 Å². The number of nitrogen functional groups attached to an aromatic ring is 1. The van der Waals surface area contributed by atoms with Crippen molar-refractivity contribution in [2.24, 2.45) is 0 Å². The Bertz CT molecular complexity index is 1120. The molecule has 5 rings (SSSR count). The summed E-state index contributed by atoms with van der Waals surface area (Å²) in [6.45, 7) is 6.51. The summed E-state index contributed by atoms with van der Waals surface area (Å²) in [6.07, 6.45) is 2.76. The molecule has 2 aromatic heterocycles. The van der Waals surface area contributed by atoms with Crippen molar-refractivity contribution < 1.29 is 0 Å². The van der Waals surface area contributed by atoms with E-state index < -0.39 is 0 Å². The van der Waals surface area contributed by atoms with E-state index in [9.17, 15) is 4.79 Å². The highest BCUT2D eigenvalue weighted by molar-refractivity contribution is 7.15. The van der Waals surface area contributed by atoms with Crippen molar-refractivity contribution in [1.29, 1.82) is 0 Å². The van der Waals surface area contributed by atoms with Crippen LogP contribution in [0.15, 0.2) is 35.3 Å². The number of anilines is 2. The number of piperazine rings is 1. The van der Waals surface area contributed by atoms with E-state index >= 15 is 0 Å². The number of hydrogen-bond donors (Lipinski definition) is 2. The highest BCUT2D eigenvalue weighted by atomic mass is 32.1. The molecule has 1 aromatic carbocycles. The molecule has 2 aliphatic rings. The zero-order valence-electron chi connectivity index (χ0n) is 17.7. The van der Waals surface area contributed by atoms with E-state index in [-0.39, 0.29) is 5.56 Å². The molecule has 0 amide bonds. The van der Waals surface area contributed by atoms with Crippen molar-refractivity contribution in [1.82, 2.24) is 24.8 Å². The molecule has 0 bridgehead atoms. The Morgan fingerprint density at radius 3 is 2.68 bits per heavy atom. The number of nitrogens with one attached hydrogen (secondary N) is 1. The van der Waals surface area contributed by atoms with Gasteiger partial charge in [0, 0.05) is 74.6 Å². The third-order valence-electron chi connectivity index (χ3n) is 6.03. The lowest BCUT2D eigenvalue weighted by molar-refractivity contribution is 0.244. The van der Waals surface area contributed by atoms with E-state index in [1.165, 1.54) is 4.88 Å². The minimum Gasteiger partial charge on any atom is -0.399 e. The van der Waals surface area contributed by atoms with Gasteiger partial charge in [0.1, 0.15) is 5.82 Å². The van der Waals surface area contributed by atoms with E-state index in [2.05, 4.69) is 31.7 Å². The third kappa shape index (κ3) is 4.34. The van der Waals surface area contributed by atoms with Gasteiger partial charge >= 0.3 is 0 Å². The van der Waals surface area contributed by atoms with Crippen LogP contribution in [0, 0.1) is 0 Å². The summed E-state index contributed by atoms with van der Waals surface area (Å²) >= 11 is 1.76. The van der Waals surface area contributed by atoms with E-state index in [1.807, 2.05) is 30.5 Å². The van der Waals surface area contributed by atoms with Crippen LogP contribution in [0.25, 0.3) is 11.4 Å². The monoisotopic (exact) mass is 437 g/mol. The van der Waals surface area contributed by atoms with Crippen LogP contribution in [0.4, 0.5) is 10.8 Å². The van der Waals surface area contributed by atoms with E-state index in [0.29, 0.717) is 18.1 Å². The fourth-order valence-corrected chi connectivity index (χ4v) is 5.13. The summed E-state index contributed by atoms with van der Waals surface area (Å²) in [5.41, 5.74) is 8.95. The maximum absolute atomic E-state index is 12.8. The molecule has 1 fully saturated rings. The van der Waals surface area contributed by atoms with Gasteiger partial charge in [-0.2, -0.15) is 0 Å². The second-order valence-corrected chi connectivity index (χ2v) is 9.42. The molecule has 0 unspecified atom stereocenters. The van der Waals surface area contributed by atoms with Gasteiger partial charge in [-0.15, -0.1) is 11.3 Å². The number of H-pyrrole nitrogens is 1. The minimum absolute atomic E-state index is 0.0519. The summed E-state index contributed by atoms with van der Waals surface area (Å²) in [4.78, 5) is 33.4. The fraction of sp³-hybridized carbons (Fsp3) is 0.409. The van der Waals surface area contributed by atoms with Crippen LogP contribution in [0.1, 0.15) is 16.1 Å². The van der Waals surface area contributed by atoms with Crippen LogP contribution in [0.3, 0.4) is 0 Å². The molecule has 0 radical (unpaired) electrons. The maximum Gasteiger partial charge on any atom is 0.255 e. The highest BCUT2D eigenvalue weighted by Gasteiger charge is 2.23. The molecular weight excluding hydrogens is 410 g/mol. The minimum atomic E-state index is -0.0519. The first-order valence-electron chi connectivity index (χ1n) is 10.6. The van der Waals surface area contributed by atoms with Crippen molar-refractivity contribution in [3.8, 4) is 11.4 Å². The van der Waals surface area contributed by atoms with E-state index in [4.69, 9.17) is 10.7 Å². The summed E-state index contributed by atoms with van der Waals surface area (Å²) in [7, 11) is 2.16. The average molecular weight is 438 g/mol. The average Bonchev–Trinajstić information content (AvgIpc) is 3.23. The molecule has 3 aromatic rings. The second kappa shape index (κ2) is 8.41. The zero-order chi connectivity index (χ0) is 21.4. The molecule has 9 heteroatoms. The molecule has 3 N–H and O–H groups in total. The standard InChI is InChI=1S/C22H27N7OS/c1-27-8-10-29(11-9-27)22-24-12-17(31-22)13-28-7-6-19-18(14-28)21(30)26-20(25-19)15-2-4-16(23)5-3-15/h2-5,12H,6-11,13-14,23H2,1H3,(H,25,26,30). The van der Waals surface area contributed by atoms with Crippen LogP contribution in [0.2, 0.25) is 0 Å². The number of benzene rings is 1. The molecule has 162 valence electrons. The molecule has 0 spiro atoms. The van der Waals surface area contributed by atoms with Crippen LogP contribution in [-0.4, -0.2) is 64.5 Å². The topological polar surface area (TPSA) is 94.4 Å². The highest BCUT2D eigenvalue weighted by Crippen LogP contribution is 2.26. The number of nitrogens with zero attached hydrogens (tertiary/aromatic N) is 5. The Hall–Kier alpha value is -2.75. The Kier molecular flexibility index (Phi) is 5.47. The third-order valence-corrected chi connectivity index (χ3v) is 7.07. The number of likely N-dealkylation sites (N-methyl/N-ethyl adjacent to an activating group) is 1. The van der Waals surface area contributed by atoms with E-state index in [0.717, 1.165) is 67.6 Å². The molecule has 0 atom stereocenters. The van der Waals surface area contributed by atoms with Crippen molar-refractivity contribution in [2.45, 2.75) is 19.5 Å². The number of fused-ring (bicyclic) bond motifs is 1.